The Kier molecular flexibility index (Phi) is 39.4. The molecule has 3 N–H and O–H groups in total. The molecule has 8 atom stereocenters. The second-order valence-corrected chi connectivity index (χ2v) is 29.4. The highest BCUT2D eigenvalue weighted by molar-refractivity contribution is 6.30. The van der Waals surface area contributed by atoms with Crippen LogP contribution in [0.4, 0.5) is 5.69 Å². The number of aliphatic imine (C=N–C) groups is 1. The van der Waals surface area contributed by atoms with Gasteiger partial charge in [0.15, 0.2) is 0 Å². The number of halogens is 3. The number of carbonyl (C=O) groups excluding carboxylic acids is 7. The Hall–Kier alpha value is -8.29. The largest absolute Gasteiger partial charge is 0.497 e. The molecule has 0 radical (unpaired) electrons. The Labute approximate surface area is 646 Å². The molecule has 6 aromatic carbocycles. The Morgan fingerprint density at radius 3 is 1.16 bits per heavy atom. The number of ether oxygens (including phenoxy) is 6. The summed E-state index contributed by atoms with van der Waals surface area (Å²) in [5, 5.41) is 4.69. The lowest BCUT2D eigenvalue weighted by molar-refractivity contribution is -0.157. The first kappa shape index (κ1) is 91.9. The molecule has 0 saturated carbocycles. The van der Waals surface area contributed by atoms with Gasteiger partial charge in [-0.25, -0.2) is 4.79 Å². The van der Waals surface area contributed by atoms with Crippen molar-refractivity contribution in [1.82, 2.24) is 20.0 Å². The number of piperidine rings is 4. The number of hydrogen-bond donors (Lipinski definition) is 2. The zero-order valence-corrected chi connectivity index (χ0v) is 65.0. The lowest BCUT2D eigenvalue weighted by Gasteiger charge is -2.38. The first-order chi connectivity index (χ1) is 49.0. The Morgan fingerprint density at radius 1 is 0.481 bits per heavy atom. The third kappa shape index (κ3) is 30.9. The summed E-state index contributed by atoms with van der Waals surface area (Å²) in [6.45, 7) is 22.1. The summed E-state index contributed by atoms with van der Waals surface area (Å²) in [6.07, 6.45) is 6.74. The van der Waals surface area contributed by atoms with Crippen LogP contribution in [-0.2, 0) is 49.5 Å². The average Bonchev–Trinajstić information content (AvgIpc) is 0.826. The number of hydrogen-bond acceptors (Lipinski definition) is 16. The molecule has 0 spiro atoms. The minimum Gasteiger partial charge on any atom is -0.497 e. The van der Waals surface area contributed by atoms with Crippen LogP contribution in [0.2, 0.25) is 10.0 Å². The van der Waals surface area contributed by atoms with E-state index in [0.717, 1.165) is 87.0 Å². The zero-order valence-electron chi connectivity index (χ0n) is 62.6. The molecule has 22 heteroatoms. The number of methoxy groups -OCH3 is 4. The van der Waals surface area contributed by atoms with E-state index in [1.807, 2.05) is 129 Å². The molecular formula is C84H115Cl3N6O13. The van der Waals surface area contributed by atoms with Crippen LogP contribution in [0.3, 0.4) is 0 Å². The third-order valence-electron chi connectivity index (χ3n) is 18.7. The number of benzene rings is 6. The van der Waals surface area contributed by atoms with Crippen LogP contribution in [0.15, 0.2) is 151 Å². The van der Waals surface area contributed by atoms with Gasteiger partial charge in [0.05, 0.1) is 47.0 Å². The highest BCUT2D eigenvalue weighted by Gasteiger charge is 2.36. The molecule has 4 unspecified atom stereocenters. The number of ketones is 1. The van der Waals surface area contributed by atoms with E-state index in [0.29, 0.717) is 72.9 Å². The zero-order chi connectivity index (χ0) is 75.4. The van der Waals surface area contributed by atoms with Crippen LogP contribution in [0.25, 0.3) is 0 Å². The molecule has 19 nitrogen and oxygen atoms in total. The first-order valence-corrected chi connectivity index (χ1v) is 36.1. The molecule has 0 aliphatic carbocycles. The van der Waals surface area contributed by atoms with Crippen molar-refractivity contribution in [2.24, 2.45) is 28.5 Å². The maximum absolute atomic E-state index is 12.8. The average molecular weight is 1520 g/mol. The third-order valence-corrected chi connectivity index (χ3v) is 19.3. The van der Waals surface area contributed by atoms with Crippen LogP contribution >= 0.6 is 35.6 Å². The molecule has 0 aromatic heterocycles. The molecule has 6 aromatic rings. The standard InChI is InChI=1S/C23H26ClNO3.C20H29NO4.C18H27NO3.C14H20N2O2.C7H4ClNO.2CH4.ClH/c1-16(26)25-12-11-23(18-5-9-22(28-2)10-6-18)19(15-25)14-21(27)13-17-3-7-20(24)8-4-17;1-14(22)21-11-10-18(15-6-8-17(24-5)9-7-15)16(13-21)12-19(23)25-20(2,3)4;1-18(2,3)22-17(20)11-14-12-19-10-9-16(14)13-5-7-15(21-4)8-6-13;1-10(17)16-8-7-13(14(15)9-16)11-3-5-12(18-2)6-4-11;8-6-1-3-7(4-2-6)9-5-10;;;/h3-10,19,23H,11-15H2,1-2H3;6-9,16,18H,10-13H2,1-5H3;5-8,14,16,19H,9-12H2,1-4H3;3-6,13-14H,7-9,15H2,1-2H3;1-4H;2*1H4;1H/t19-,23?;16-,18?;14-,16?;13?,14-;;;;/m1111..../s1. The SMILES string of the molecule is C.C.COc1ccc(C2CCN(C(C)=O)C[C@H]2CC(=O)Cc2ccc(Cl)cc2)cc1.COc1ccc(C2CCN(C(C)=O)C[C@H]2CC(=O)OC(C)(C)C)cc1.COc1ccc(C2CCN(C(C)=O)C[C@H]2N)cc1.COc1ccc(C2CCNC[C@H]2CC(=O)OC(C)(C)C)cc1.Cl.O=C=Nc1ccc(Cl)cc1. The van der Waals surface area contributed by atoms with Crippen LogP contribution in [0.1, 0.15) is 174 Å². The van der Waals surface area contributed by atoms with Crippen molar-refractivity contribution in [1.29, 1.82) is 0 Å². The van der Waals surface area contributed by atoms with E-state index in [2.05, 4.69) is 58.8 Å². The van der Waals surface area contributed by atoms with E-state index in [1.165, 1.54) is 28.3 Å². The highest BCUT2D eigenvalue weighted by Crippen LogP contribution is 2.39. The summed E-state index contributed by atoms with van der Waals surface area (Å²) in [5.74, 6) is 5.12. The Bertz CT molecular complexity index is 3700. The van der Waals surface area contributed by atoms with E-state index in [-0.39, 0.29) is 98.3 Å². The molecule has 10 rings (SSSR count). The number of esters is 2. The van der Waals surface area contributed by atoms with Crippen molar-refractivity contribution in [2.45, 2.75) is 169 Å². The van der Waals surface area contributed by atoms with Crippen LogP contribution in [-0.4, -0.2) is 154 Å². The van der Waals surface area contributed by atoms with Crippen LogP contribution in [0.5, 0.6) is 23.0 Å². The fourth-order valence-corrected chi connectivity index (χ4v) is 13.8. The van der Waals surface area contributed by atoms with Crippen molar-refractivity contribution in [3.8, 4) is 23.0 Å². The highest BCUT2D eigenvalue weighted by atomic mass is 35.5. The maximum atomic E-state index is 12.8. The summed E-state index contributed by atoms with van der Waals surface area (Å²) in [7, 11) is 6.63. The monoisotopic (exact) mass is 1520 g/mol. The predicted octanol–water partition coefficient (Wildman–Crippen LogP) is 16.4. The lowest BCUT2D eigenvalue weighted by atomic mass is 9.77. The van der Waals surface area contributed by atoms with Gasteiger partial charge in [-0.05, 0) is 229 Å². The number of rotatable bonds is 17. The van der Waals surface area contributed by atoms with Gasteiger partial charge in [0.2, 0.25) is 23.8 Å². The van der Waals surface area contributed by atoms with Crippen molar-refractivity contribution < 1.29 is 62.0 Å². The number of isocyanates is 1. The summed E-state index contributed by atoms with van der Waals surface area (Å²) in [5.41, 5.74) is 11.7. The second kappa shape index (κ2) is 45.4. The fourth-order valence-electron chi connectivity index (χ4n) is 13.5. The molecule has 4 aliphatic heterocycles. The molecular weight excluding hydrogens is 1410 g/mol. The number of nitrogens with two attached hydrogens (primary N) is 1. The summed E-state index contributed by atoms with van der Waals surface area (Å²) >= 11 is 11.5. The van der Waals surface area contributed by atoms with Crippen molar-refractivity contribution in [3.63, 3.8) is 0 Å². The van der Waals surface area contributed by atoms with Crippen LogP contribution < -0.4 is 30.0 Å². The van der Waals surface area contributed by atoms with Crippen molar-refractivity contribution >= 4 is 82.8 Å². The number of amides is 3. The molecule has 4 fully saturated rings. The molecule has 4 heterocycles. The van der Waals surface area contributed by atoms with Crippen molar-refractivity contribution in [2.75, 3.05) is 80.8 Å². The minimum absolute atomic E-state index is 0. The number of nitrogens with zero attached hydrogens (tertiary/aromatic N) is 4. The number of nitrogens with one attached hydrogen (secondary N) is 1. The summed E-state index contributed by atoms with van der Waals surface area (Å²) in [4.78, 5) is 90.9. The molecule has 0 bridgehead atoms. The van der Waals surface area contributed by atoms with Gasteiger partial charge < -0.3 is 54.2 Å². The number of carbonyl (C=O) groups is 6. The lowest BCUT2D eigenvalue weighted by Crippen LogP contribution is -2.48. The fraction of sp³-hybridized carbons (Fsp3) is 0.488. The molecule has 4 aliphatic rings. The topological polar surface area (TPSA) is 235 Å². The Balaban J connectivity index is 0.000000351. The first-order valence-electron chi connectivity index (χ1n) is 35.3. The van der Waals surface area contributed by atoms with E-state index in [1.54, 1.807) is 73.5 Å². The summed E-state index contributed by atoms with van der Waals surface area (Å²) in [6, 6.07) is 46.3. The van der Waals surface area contributed by atoms with E-state index < -0.39 is 11.2 Å². The van der Waals surface area contributed by atoms with Gasteiger partial charge in [0, 0.05) is 94.9 Å². The quantitative estimate of drug-likeness (QED) is 0.0491. The van der Waals surface area contributed by atoms with E-state index >= 15 is 0 Å². The van der Waals surface area contributed by atoms with E-state index in [4.69, 9.17) is 57.4 Å². The summed E-state index contributed by atoms with van der Waals surface area (Å²) < 4.78 is 31.8. The van der Waals surface area contributed by atoms with Gasteiger partial charge in [0.25, 0.3) is 0 Å². The van der Waals surface area contributed by atoms with Crippen molar-refractivity contribution in [3.05, 3.63) is 183 Å². The second-order valence-electron chi connectivity index (χ2n) is 28.5. The normalized spacial score (nSPS) is 19.5. The molecule has 4 saturated heterocycles. The number of Topliss-reactive ketones (excluding diaryl/α,β-unsaturated/α-hetero) is 1. The van der Waals surface area contributed by atoms with Gasteiger partial charge in [-0.1, -0.05) is 98.7 Å². The molecule has 3 amide bonds. The van der Waals surface area contributed by atoms with Gasteiger partial charge >= 0.3 is 11.9 Å². The maximum Gasteiger partial charge on any atom is 0.306 e. The molecule has 106 heavy (non-hydrogen) atoms. The van der Waals surface area contributed by atoms with E-state index in [9.17, 15) is 33.6 Å². The van der Waals surface area contributed by atoms with Gasteiger partial charge in [0.1, 0.15) is 40.0 Å². The van der Waals surface area contributed by atoms with Gasteiger partial charge in [-0.3, -0.25) is 28.8 Å². The Morgan fingerprint density at radius 2 is 0.811 bits per heavy atom. The van der Waals surface area contributed by atoms with Crippen LogP contribution in [0, 0.1) is 17.8 Å². The predicted molar refractivity (Wildman–Crippen MR) is 425 cm³/mol. The minimum atomic E-state index is -0.498. The van der Waals surface area contributed by atoms with Gasteiger partial charge in [-0.15, -0.1) is 12.4 Å². The smallest absolute Gasteiger partial charge is 0.306 e. The van der Waals surface area contributed by atoms with Gasteiger partial charge in [-0.2, -0.15) is 4.99 Å². The molecule has 580 valence electrons. The number of likely N-dealkylation sites (tertiary alicyclic amines) is 3.